The van der Waals surface area contributed by atoms with Gasteiger partial charge in [-0.1, -0.05) is 30.3 Å². The molecule has 2 heterocycles. The van der Waals surface area contributed by atoms with E-state index in [9.17, 15) is 57.1 Å². The molecule has 422 valence electrons. The van der Waals surface area contributed by atoms with Crippen molar-refractivity contribution in [1.29, 1.82) is 0 Å². The second-order valence-electron chi connectivity index (χ2n) is 22.1. The van der Waals surface area contributed by atoms with Gasteiger partial charge in [0.2, 0.25) is 20.0 Å². The summed E-state index contributed by atoms with van der Waals surface area (Å²) >= 11 is 0. The Hall–Kier alpha value is -5.78. The third kappa shape index (κ3) is 11.2. The molecule has 2 fully saturated rings. The molecule has 0 bridgehead atoms. The summed E-state index contributed by atoms with van der Waals surface area (Å²) in [6.45, 7) is -0.218. The van der Waals surface area contributed by atoms with E-state index in [4.69, 9.17) is 4.74 Å². The molecule has 7 aromatic rings. The van der Waals surface area contributed by atoms with Crippen LogP contribution in [0.15, 0.2) is 116 Å². The number of ether oxygens (including phenoxy) is 1. The number of nitrogens with one attached hydrogen (secondary N) is 2. The molecule has 0 amide bonds. The SMILES string of the molecule is CS(=O)(=O)NC[C@@]12CC[C@](O)(C(F)(F)F)C[C@H]1CCCc1cc3c(cnn3-c3ccc(F)cc3)cc12.CS(=O)(=O)NC[C@@]12CC[C@](OCc3ccccc3)(C(F)(F)F)C[C@H]1CCCc1cc3c(cnn3-c3ccc(F)cc3)cc12. The van der Waals surface area contributed by atoms with Crippen LogP contribution in [0.4, 0.5) is 35.1 Å². The molecule has 2 saturated carbocycles. The number of fused-ring (bicyclic) bond motifs is 8. The molecule has 0 unspecified atom stereocenters. The Labute approximate surface area is 452 Å². The van der Waals surface area contributed by atoms with Crippen molar-refractivity contribution in [1.82, 2.24) is 29.0 Å². The lowest BCUT2D eigenvalue weighted by molar-refractivity contribution is -0.300. The first-order valence-corrected chi connectivity index (χ1v) is 30.0. The fourth-order valence-electron chi connectivity index (χ4n) is 13.1. The Balaban J connectivity index is 0.000000181. The van der Waals surface area contributed by atoms with E-state index in [0.717, 1.165) is 56.6 Å². The average Bonchev–Trinajstić information content (AvgIpc) is 4.09. The van der Waals surface area contributed by atoms with Gasteiger partial charge >= 0.3 is 12.4 Å². The average molecular weight is 1140 g/mol. The molecular weight excluding hydrogens is 1080 g/mol. The van der Waals surface area contributed by atoms with E-state index in [1.807, 2.05) is 24.3 Å². The second kappa shape index (κ2) is 21.0. The second-order valence-corrected chi connectivity index (χ2v) is 25.7. The van der Waals surface area contributed by atoms with Gasteiger partial charge in [0.15, 0.2) is 11.2 Å². The fourth-order valence-corrected chi connectivity index (χ4v) is 14.1. The van der Waals surface area contributed by atoms with Crippen molar-refractivity contribution >= 4 is 41.9 Å². The van der Waals surface area contributed by atoms with Crippen molar-refractivity contribution in [3.05, 3.63) is 155 Å². The predicted molar refractivity (Wildman–Crippen MR) is 283 cm³/mol. The monoisotopic (exact) mass is 1140 g/mol. The highest BCUT2D eigenvalue weighted by Crippen LogP contribution is 2.58. The van der Waals surface area contributed by atoms with Crippen molar-refractivity contribution in [3.63, 3.8) is 0 Å². The van der Waals surface area contributed by atoms with Crippen LogP contribution in [0.3, 0.4) is 0 Å². The fraction of sp³-hybridized carbons (Fsp3) is 0.439. The van der Waals surface area contributed by atoms with Gasteiger partial charge in [-0.25, -0.2) is 44.4 Å². The topological polar surface area (TPSA) is 157 Å². The van der Waals surface area contributed by atoms with Crippen molar-refractivity contribution < 1.29 is 61.8 Å². The van der Waals surface area contributed by atoms with Gasteiger partial charge in [-0.3, -0.25) is 0 Å². The number of halogens is 8. The first kappa shape index (κ1) is 56.5. The Morgan fingerprint density at radius 2 is 1.08 bits per heavy atom. The molecule has 12 nitrogen and oxygen atoms in total. The van der Waals surface area contributed by atoms with Gasteiger partial charge < -0.3 is 9.84 Å². The van der Waals surface area contributed by atoms with Crippen molar-refractivity contribution in [2.24, 2.45) is 11.8 Å². The number of hydrogen-bond donors (Lipinski definition) is 3. The maximum Gasteiger partial charge on any atom is 0.417 e. The molecule has 4 aliphatic rings. The number of benzene rings is 5. The maximum absolute atomic E-state index is 14.9. The van der Waals surface area contributed by atoms with Crippen molar-refractivity contribution in [2.75, 3.05) is 25.6 Å². The number of rotatable bonds is 11. The zero-order valence-corrected chi connectivity index (χ0v) is 45.0. The number of hydrogen-bond acceptors (Lipinski definition) is 8. The number of aromatic nitrogens is 4. The van der Waals surface area contributed by atoms with Crippen LogP contribution in [0.25, 0.3) is 33.2 Å². The van der Waals surface area contributed by atoms with Crippen LogP contribution in [-0.4, -0.2) is 90.7 Å². The molecule has 79 heavy (non-hydrogen) atoms. The van der Waals surface area contributed by atoms with Crippen LogP contribution < -0.4 is 9.44 Å². The van der Waals surface area contributed by atoms with E-state index in [0.29, 0.717) is 55.5 Å². The molecule has 22 heteroatoms. The molecular formula is C57H60F8N6O6S2. The largest absolute Gasteiger partial charge is 0.417 e. The van der Waals surface area contributed by atoms with Gasteiger partial charge in [-0.15, -0.1) is 0 Å². The van der Waals surface area contributed by atoms with Crippen LogP contribution in [-0.2, 0) is 55.1 Å². The van der Waals surface area contributed by atoms with Crippen molar-refractivity contribution in [2.45, 2.75) is 118 Å². The Morgan fingerprint density at radius 3 is 1.52 bits per heavy atom. The Morgan fingerprint density at radius 1 is 0.620 bits per heavy atom. The van der Waals surface area contributed by atoms with Crippen molar-refractivity contribution in [3.8, 4) is 11.4 Å². The molecule has 0 radical (unpaired) electrons. The molecule has 3 N–H and O–H groups in total. The van der Waals surface area contributed by atoms with Gasteiger partial charge in [-0.05, 0) is 189 Å². The molecule has 11 rings (SSSR count). The van der Waals surface area contributed by atoms with Crippen LogP contribution >= 0.6 is 0 Å². The first-order chi connectivity index (χ1) is 37.2. The van der Waals surface area contributed by atoms with Crippen LogP contribution in [0, 0.1) is 23.5 Å². The highest BCUT2D eigenvalue weighted by atomic mass is 32.2. The zero-order valence-electron chi connectivity index (χ0n) is 43.3. The number of aliphatic hydroxyl groups is 1. The minimum Gasteiger partial charge on any atom is -0.380 e. The van der Waals surface area contributed by atoms with E-state index in [-0.39, 0.29) is 57.0 Å². The molecule has 2 aromatic heterocycles. The van der Waals surface area contributed by atoms with Crippen LogP contribution in [0.5, 0.6) is 0 Å². The zero-order chi connectivity index (χ0) is 56.4. The number of alkyl halides is 6. The summed E-state index contributed by atoms with van der Waals surface area (Å²) in [4.78, 5) is 0. The smallest absolute Gasteiger partial charge is 0.380 e. The number of sulfonamides is 2. The summed E-state index contributed by atoms with van der Waals surface area (Å²) in [5, 5.41) is 21.0. The highest BCUT2D eigenvalue weighted by molar-refractivity contribution is 7.89. The van der Waals surface area contributed by atoms with Gasteiger partial charge in [0.1, 0.15) is 11.6 Å². The standard InChI is InChI=1S/C32H33F4N3O3S.C25H27F4N3O3S/c1-43(40,41)38-21-30-14-15-31(32(34,35)36,42-20-22-6-3-2-4-7-22)18-25(30)9-5-8-23-17-29-24(16-28(23)30)19-37-39(29)27-12-10-26(33)11-13-27;1-36(34,35)31-15-23-9-10-24(33,25(27,28)29)13-18(23)4-2-3-16-12-22-17(11-21(16)23)14-30-32(22)20-7-5-19(26)6-8-20/h2-4,6-7,10-13,16-17,19,25,38H,5,8-9,14-15,18,20-21H2,1H3;5-8,11-12,14,18,31,33H,2-4,9-10,13,15H2,1H3/t25-,30+,31-;18-,23+,24-/m11/s1. The lowest BCUT2D eigenvalue weighted by Gasteiger charge is -2.52. The van der Waals surface area contributed by atoms with E-state index in [2.05, 4.69) is 19.6 Å². The van der Waals surface area contributed by atoms with E-state index < -0.39 is 79.1 Å². The van der Waals surface area contributed by atoms with E-state index in [1.54, 1.807) is 76.4 Å². The third-order valence-corrected chi connectivity index (χ3v) is 18.5. The van der Waals surface area contributed by atoms with Crippen LogP contribution in [0.1, 0.15) is 92.0 Å². The molecule has 0 aliphatic heterocycles. The minimum absolute atomic E-state index is 0.00622. The summed E-state index contributed by atoms with van der Waals surface area (Å²) in [6, 6.07) is 28.5. The maximum atomic E-state index is 14.9. The van der Waals surface area contributed by atoms with Gasteiger partial charge in [0, 0.05) is 34.7 Å². The Bertz CT molecular complexity index is 3600. The molecule has 5 aromatic carbocycles. The quantitative estimate of drug-likeness (QED) is 0.108. The molecule has 0 spiro atoms. The first-order valence-electron chi connectivity index (χ1n) is 26.2. The van der Waals surface area contributed by atoms with Gasteiger partial charge in [0.05, 0.1) is 53.9 Å². The summed E-state index contributed by atoms with van der Waals surface area (Å²) in [7, 11) is -7.24. The molecule has 0 saturated heterocycles. The van der Waals surface area contributed by atoms with Gasteiger partial charge in [-0.2, -0.15) is 36.5 Å². The number of nitrogens with zero attached hydrogens (tertiary/aromatic N) is 4. The summed E-state index contributed by atoms with van der Waals surface area (Å²) < 4.78 is 176. The van der Waals surface area contributed by atoms with Crippen LogP contribution in [0.2, 0.25) is 0 Å². The Kier molecular flexibility index (Phi) is 15.0. The summed E-state index contributed by atoms with van der Waals surface area (Å²) in [6.07, 6.45) is -2.02. The summed E-state index contributed by atoms with van der Waals surface area (Å²) in [5.41, 5.74) is 0.192. The number of aryl methyl sites for hydroxylation is 2. The lowest BCUT2D eigenvalue weighted by atomic mass is 9.57. The van der Waals surface area contributed by atoms with E-state index >= 15 is 0 Å². The highest BCUT2D eigenvalue weighted by Gasteiger charge is 2.63. The normalized spacial score (nSPS) is 25.5. The summed E-state index contributed by atoms with van der Waals surface area (Å²) in [5.74, 6) is -1.79. The van der Waals surface area contributed by atoms with Gasteiger partial charge in [0.25, 0.3) is 0 Å². The van der Waals surface area contributed by atoms with E-state index in [1.165, 1.54) is 24.3 Å². The predicted octanol–water partition coefficient (Wildman–Crippen LogP) is 11.0. The third-order valence-electron chi connectivity index (χ3n) is 17.2. The minimum atomic E-state index is -4.77. The molecule has 6 atom stereocenters. The molecule has 4 aliphatic carbocycles. The lowest BCUT2D eigenvalue weighted by Crippen LogP contribution is -2.58.